The van der Waals surface area contributed by atoms with Crippen LogP contribution in [-0.2, 0) is 0 Å². The predicted octanol–water partition coefficient (Wildman–Crippen LogP) is 3.28. The van der Waals surface area contributed by atoms with Gasteiger partial charge in [0, 0.05) is 32.2 Å². The Balaban J connectivity index is 1.95. The van der Waals surface area contributed by atoms with Crippen molar-refractivity contribution in [3.63, 3.8) is 0 Å². The summed E-state index contributed by atoms with van der Waals surface area (Å²) in [5, 5.41) is 22.6. The van der Waals surface area contributed by atoms with Gasteiger partial charge in [0.15, 0.2) is 17.3 Å². The molecule has 0 radical (unpaired) electrons. The van der Waals surface area contributed by atoms with Crippen molar-refractivity contribution in [2.45, 2.75) is 25.5 Å². The minimum atomic E-state index is -3.23. The molecular weight excluding hydrogens is 433 g/mol. The first-order chi connectivity index (χ1) is 14.9. The Morgan fingerprint density at radius 3 is 2.65 bits per heavy atom. The molecule has 0 spiro atoms. The van der Waals surface area contributed by atoms with E-state index in [1.165, 1.54) is 0 Å². The topological polar surface area (TPSA) is 90.5 Å². The molecule has 1 saturated carbocycles. The van der Waals surface area contributed by atoms with Crippen LogP contribution in [0.2, 0.25) is 0 Å². The van der Waals surface area contributed by atoms with Crippen molar-refractivity contribution < 1.29 is 23.0 Å². The van der Waals surface area contributed by atoms with Crippen molar-refractivity contribution in [3.05, 3.63) is 27.0 Å². The Morgan fingerprint density at radius 1 is 1.32 bits per heavy atom. The summed E-state index contributed by atoms with van der Waals surface area (Å²) in [5.41, 5.74) is -0.758. The molecule has 7 nitrogen and oxygen atoms in total. The third-order valence-corrected chi connectivity index (χ3v) is 6.72. The standard InChI is InChI=1S/C20H17F3N4O3S/c21-11-7-10-14(18(30-20(22)23)15(11)26-5-3-25-4-6-26)27(9-1-2-9)19-13(16(10)28)17(29)12(8-24)31-19/h7,9,20,25,29H,1-6H2. The van der Waals surface area contributed by atoms with Crippen molar-refractivity contribution >= 4 is 38.1 Å². The van der Waals surface area contributed by atoms with Crippen molar-refractivity contribution in [1.29, 1.82) is 5.26 Å². The Bertz CT molecular complexity index is 1300. The number of halogens is 3. The van der Waals surface area contributed by atoms with E-state index < -0.39 is 23.6 Å². The van der Waals surface area contributed by atoms with Gasteiger partial charge in [-0.1, -0.05) is 0 Å². The summed E-state index contributed by atoms with van der Waals surface area (Å²) in [6.45, 7) is -1.36. The van der Waals surface area contributed by atoms with Crippen LogP contribution in [0.5, 0.6) is 11.5 Å². The number of nitrogens with zero attached hydrogens (tertiary/aromatic N) is 3. The summed E-state index contributed by atoms with van der Waals surface area (Å²) in [5.74, 6) is -1.70. The Kier molecular flexibility index (Phi) is 4.71. The van der Waals surface area contributed by atoms with E-state index in [9.17, 15) is 23.9 Å². The van der Waals surface area contributed by atoms with Gasteiger partial charge in [0.2, 0.25) is 5.43 Å². The van der Waals surface area contributed by atoms with Crippen molar-refractivity contribution in [2.24, 2.45) is 0 Å². The molecule has 2 aromatic heterocycles. The number of alkyl halides is 2. The lowest BCUT2D eigenvalue weighted by Gasteiger charge is -2.32. The molecule has 2 N–H and O–H groups in total. The number of benzene rings is 1. The van der Waals surface area contributed by atoms with Crippen molar-refractivity contribution in [1.82, 2.24) is 9.88 Å². The van der Waals surface area contributed by atoms with Gasteiger partial charge in [-0.2, -0.15) is 14.0 Å². The van der Waals surface area contributed by atoms with Crippen LogP contribution < -0.4 is 20.4 Å². The molecule has 0 atom stereocenters. The molecule has 3 heterocycles. The Labute approximate surface area is 177 Å². The van der Waals surface area contributed by atoms with E-state index >= 15 is 4.39 Å². The number of ether oxygens (including phenoxy) is 1. The first-order valence-corrected chi connectivity index (χ1v) is 10.6. The average molecular weight is 450 g/mol. The number of aromatic nitrogens is 1. The van der Waals surface area contributed by atoms with E-state index in [4.69, 9.17) is 4.74 Å². The highest BCUT2D eigenvalue weighted by molar-refractivity contribution is 7.19. The van der Waals surface area contributed by atoms with Gasteiger partial charge in [0.25, 0.3) is 0 Å². The number of hydrogen-bond acceptors (Lipinski definition) is 7. The SMILES string of the molecule is N#Cc1sc2c(c1O)c(=O)c1cc(F)c(N3CCNCC3)c(OC(F)F)c1n2C1CC1. The minimum Gasteiger partial charge on any atom is -0.505 e. The van der Waals surface area contributed by atoms with Gasteiger partial charge in [0.1, 0.15) is 26.9 Å². The number of piperazine rings is 1. The molecular formula is C20H17F3N4O3S. The Morgan fingerprint density at radius 2 is 2.03 bits per heavy atom. The van der Waals surface area contributed by atoms with E-state index in [2.05, 4.69) is 5.32 Å². The summed E-state index contributed by atoms with van der Waals surface area (Å²) < 4.78 is 48.7. The smallest absolute Gasteiger partial charge is 0.387 e. The summed E-state index contributed by atoms with van der Waals surface area (Å²) >= 11 is 0.913. The lowest BCUT2D eigenvalue weighted by Crippen LogP contribution is -2.44. The normalized spacial score (nSPS) is 16.9. The maximum atomic E-state index is 15.3. The molecule has 1 aromatic carbocycles. The number of anilines is 1. The van der Waals surface area contributed by atoms with E-state index in [0.29, 0.717) is 31.0 Å². The molecule has 0 unspecified atom stereocenters. The predicted molar refractivity (Wildman–Crippen MR) is 110 cm³/mol. The molecule has 1 aliphatic heterocycles. The second-order valence-corrected chi connectivity index (χ2v) is 8.55. The molecule has 0 amide bonds. The van der Waals surface area contributed by atoms with Crippen LogP contribution in [0.1, 0.15) is 23.8 Å². The highest BCUT2D eigenvalue weighted by Gasteiger charge is 2.34. The number of rotatable bonds is 4. The first kappa shape index (κ1) is 20.0. The van der Waals surface area contributed by atoms with E-state index in [1.807, 2.05) is 6.07 Å². The maximum absolute atomic E-state index is 15.3. The van der Waals surface area contributed by atoms with Crippen molar-refractivity contribution in [3.8, 4) is 17.6 Å². The summed E-state index contributed by atoms with van der Waals surface area (Å²) in [7, 11) is 0. The third kappa shape index (κ3) is 3.09. The average Bonchev–Trinajstić information content (AvgIpc) is 3.52. The van der Waals surface area contributed by atoms with Crippen molar-refractivity contribution in [2.75, 3.05) is 31.1 Å². The van der Waals surface area contributed by atoms with Crippen LogP contribution in [-0.4, -0.2) is 42.5 Å². The summed E-state index contributed by atoms with van der Waals surface area (Å²) in [6.07, 6.45) is 1.45. The van der Waals surface area contributed by atoms with Gasteiger partial charge in [-0.05, 0) is 18.9 Å². The fourth-order valence-electron chi connectivity index (χ4n) is 4.18. The molecule has 5 rings (SSSR count). The van der Waals surface area contributed by atoms with Gasteiger partial charge in [-0.3, -0.25) is 4.79 Å². The molecule has 0 bridgehead atoms. The minimum absolute atomic E-state index is 0.0593. The fourth-order valence-corrected chi connectivity index (χ4v) is 5.25. The molecule has 31 heavy (non-hydrogen) atoms. The molecule has 2 fully saturated rings. The zero-order valence-electron chi connectivity index (χ0n) is 16.1. The number of nitriles is 1. The van der Waals surface area contributed by atoms with Crippen LogP contribution in [0.4, 0.5) is 18.9 Å². The number of fused-ring (bicyclic) bond motifs is 2. The van der Waals surface area contributed by atoms with Crippen LogP contribution in [0.15, 0.2) is 10.9 Å². The molecule has 162 valence electrons. The van der Waals surface area contributed by atoms with E-state index in [1.54, 1.807) is 9.47 Å². The summed E-state index contributed by atoms with van der Waals surface area (Å²) in [4.78, 5) is 15.1. The zero-order chi connectivity index (χ0) is 21.9. The van der Waals surface area contributed by atoms with Gasteiger partial charge >= 0.3 is 6.61 Å². The number of aromatic hydroxyl groups is 1. The highest BCUT2D eigenvalue weighted by Crippen LogP contribution is 2.48. The number of pyridine rings is 1. The van der Waals surface area contributed by atoms with Gasteiger partial charge in [-0.25, -0.2) is 4.39 Å². The highest BCUT2D eigenvalue weighted by atomic mass is 32.1. The lowest BCUT2D eigenvalue weighted by atomic mass is 10.1. The van der Waals surface area contributed by atoms with Gasteiger partial charge < -0.3 is 24.6 Å². The zero-order valence-corrected chi connectivity index (χ0v) is 16.9. The molecule has 2 aliphatic rings. The molecule has 1 saturated heterocycles. The molecule has 3 aromatic rings. The first-order valence-electron chi connectivity index (χ1n) is 9.79. The van der Waals surface area contributed by atoms with Crippen LogP contribution >= 0.6 is 11.3 Å². The monoisotopic (exact) mass is 450 g/mol. The largest absolute Gasteiger partial charge is 0.505 e. The lowest BCUT2D eigenvalue weighted by molar-refractivity contribution is -0.0488. The van der Waals surface area contributed by atoms with E-state index in [-0.39, 0.29) is 38.6 Å². The molecule has 1 aliphatic carbocycles. The quantitative estimate of drug-likeness (QED) is 0.634. The van der Waals surface area contributed by atoms with E-state index in [0.717, 1.165) is 30.2 Å². The number of thiophene rings is 1. The second-order valence-electron chi connectivity index (χ2n) is 7.55. The van der Waals surface area contributed by atoms with Gasteiger partial charge in [-0.15, -0.1) is 11.3 Å². The number of nitrogens with one attached hydrogen (secondary N) is 1. The fraction of sp³-hybridized carbons (Fsp3) is 0.400. The number of hydrogen-bond donors (Lipinski definition) is 2. The van der Waals surface area contributed by atoms with Crippen LogP contribution in [0, 0.1) is 17.1 Å². The Hall–Kier alpha value is -2.97. The van der Waals surface area contributed by atoms with Gasteiger partial charge in [0.05, 0.1) is 10.9 Å². The van der Waals surface area contributed by atoms with Crippen LogP contribution in [0.3, 0.4) is 0 Å². The second kappa shape index (κ2) is 7.32. The maximum Gasteiger partial charge on any atom is 0.387 e. The van der Waals surface area contributed by atoms with Crippen LogP contribution in [0.25, 0.3) is 21.1 Å². The summed E-state index contributed by atoms with van der Waals surface area (Å²) in [6, 6.07) is 2.74. The molecule has 11 heteroatoms. The third-order valence-electron chi connectivity index (χ3n) is 5.63.